The van der Waals surface area contributed by atoms with Gasteiger partial charge in [-0.15, -0.1) is 0 Å². The lowest BCUT2D eigenvalue weighted by Gasteiger charge is -2.32. The standard InChI is InChI=1S/C23H29NO/c1-22(2)20(17-24-15-9-10-16-24)21(22)23(25,18-11-5-3-6-12-18)19-13-7-4-8-14-19/h3-8,11-14,20-21,25H,9-10,15-17H2,1-2H3/t20-,21+/m0/s1. The van der Waals surface area contributed by atoms with E-state index in [-0.39, 0.29) is 11.3 Å². The van der Waals surface area contributed by atoms with Crippen LogP contribution < -0.4 is 0 Å². The summed E-state index contributed by atoms with van der Waals surface area (Å²) in [4.78, 5) is 2.59. The van der Waals surface area contributed by atoms with Gasteiger partial charge in [0.25, 0.3) is 0 Å². The molecular weight excluding hydrogens is 306 g/mol. The molecule has 2 atom stereocenters. The highest BCUT2D eigenvalue weighted by molar-refractivity contribution is 5.41. The maximum atomic E-state index is 12.1. The summed E-state index contributed by atoms with van der Waals surface area (Å²) < 4.78 is 0. The number of rotatable bonds is 5. The van der Waals surface area contributed by atoms with E-state index in [4.69, 9.17) is 0 Å². The highest BCUT2D eigenvalue weighted by Gasteiger charge is 2.67. The molecule has 0 amide bonds. The first-order chi connectivity index (χ1) is 12.0. The van der Waals surface area contributed by atoms with E-state index in [0.717, 1.165) is 17.7 Å². The molecule has 0 spiro atoms. The van der Waals surface area contributed by atoms with Gasteiger partial charge in [-0.1, -0.05) is 74.5 Å². The Bertz CT molecular complexity index is 664. The molecule has 0 bridgehead atoms. The van der Waals surface area contributed by atoms with E-state index in [2.05, 4.69) is 43.0 Å². The molecule has 2 aromatic carbocycles. The van der Waals surface area contributed by atoms with Crippen molar-refractivity contribution in [3.05, 3.63) is 71.8 Å². The maximum Gasteiger partial charge on any atom is 0.118 e. The van der Waals surface area contributed by atoms with Crippen LogP contribution in [0.5, 0.6) is 0 Å². The third-order valence-corrected chi connectivity index (χ3v) is 6.58. The molecule has 1 N–H and O–H groups in total. The molecule has 25 heavy (non-hydrogen) atoms. The molecule has 2 aliphatic rings. The fourth-order valence-corrected chi connectivity index (χ4v) is 5.07. The van der Waals surface area contributed by atoms with Crippen molar-refractivity contribution in [3.8, 4) is 0 Å². The summed E-state index contributed by atoms with van der Waals surface area (Å²) in [6.07, 6.45) is 2.64. The molecule has 1 saturated carbocycles. The van der Waals surface area contributed by atoms with Gasteiger partial charge in [-0.3, -0.25) is 0 Å². The first kappa shape index (κ1) is 16.8. The SMILES string of the molecule is CC1(C)[C@@H](CN2CCCC2)[C@H]1C(O)(c1ccccc1)c1ccccc1. The van der Waals surface area contributed by atoms with E-state index in [0.29, 0.717) is 5.92 Å². The summed E-state index contributed by atoms with van der Waals surface area (Å²) in [6.45, 7) is 8.20. The third kappa shape index (κ3) is 2.82. The van der Waals surface area contributed by atoms with Gasteiger partial charge < -0.3 is 10.0 Å². The van der Waals surface area contributed by atoms with Crippen molar-refractivity contribution in [1.82, 2.24) is 4.90 Å². The summed E-state index contributed by atoms with van der Waals surface area (Å²) in [5, 5.41) is 12.1. The zero-order valence-corrected chi connectivity index (χ0v) is 15.4. The van der Waals surface area contributed by atoms with Gasteiger partial charge in [0.15, 0.2) is 0 Å². The summed E-state index contributed by atoms with van der Waals surface area (Å²) in [6, 6.07) is 20.5. The quantitative estimate of drug-likeness (QED) is 0.881. The van der Waals surface area contributed by atoms with Crippen molar-refractivity contribution in [2.45, 2.75) is 32.3 Å². The van der Waals surface area contributed by atoms with Crippen LogP contribution in [0.2, 0.25) is 0 Å². The minimum atomic E-state index is -0.920. The highest BCUT2D eigenvalue weighted by Crippen LogP contribution is 2.67. The average molecular weight is 335 g/mol. The van der Waals surface area contributed by atoms with Crippen LogP contribution in [0, 0.1) is 17.3 Å². The van der Waals surface area contributed by atoms with Gasteiger partial charge in [-0.2, -0.15) is 0 Å². The van der Waals surface area contributed by atoms with Crippen LogP contribution in [-0.4, -0.2) is 29.6 Å². The first-order valence-corrected chi connectivity index (χ1v) is 9.60. The van der Waals surface area contributed by atoms with Crippen LogP contribution in [0.3, 0.4) is 0 Å². The number of benzene rings is 2. The average Bonchev–Trinajstić information content (AvgIpc) is 2.99. The molecule has 4 rings (SSSR count). The number of nitrogens with zero attached hydrogens (tertiary/aromatic N) is 1. The van der Waals surface area contributed by atoms with Crippen molar-refractivity contribution in [3.63, 3.8) is 0 Å². The second-order valence-electron chi connectivity index (χ2n) is 8.41. The predicted molar refractivity (Wildman–Crippen MR) is 102 cm³/mol. The van der Waals surface area contributed by atoms with E-state index in [9.17, 15) is 5.11 Å². The highest BCUT2D eigenvalue weighted by atomic mass is 16.3. The molecule has 1 saturated heterocycles. The van der Waals surface area contributed by atoms with Crippen molar-refractivity contribution in [2.75, 3.05) is 19.6 Å². The molecule has 132 valence electrons. The fourth-order valence-electron chi connectivity index (χ4n) is 5.07. The first-order valence-electron chi connectivity index (χ1n) is 9.60. The van der Waals surface area contributed by atoms with E-state index in [1.54, 1.807) is 0 Å². The maximum absolute atomic E-state index is 12.1. The Labute approximate surface area is 151 Å². The fraction of sp³-hybridized carbons (Fsp3) is 0.478. The Morgan fingerprint density at radius 1 is 0.920 bits per heavy atom. The third-order valence-electron chi connectivity index (χ3n) is 6.58. The zero-order chi connectivity index (χ0) is 17.5. The van der Waals surface area contributed by atoms with Crippen LogP contribution in [0.1, 0.15) is 37.8 Å². The molecule has 0 radical (unpaired) electrons. The van der Waals surface area contributed by atoms with E-state index >= 15 is 0 Å². The topological polar surface area (TPSA) is 23.5 Å². The molecule has 1 aliphatic carbocycles. The molecule has 0 aromatic heterocycles. The lowest BCUT2D eigenvalue weighted by atomic mass is 9.79. The second kappa shape index (κ2) is 6.26. The van der Waals surface area contributed by atoms with Crippen LogP contribution in [0.25, 0.3) is 0 Å². The minimum absolute atomic E-state index is 0.142. The van der Waals surface area contributed by atoms with Crippen LogP contribution >= 0.6 is 0 Å². The molecule has 0 unspecified atom stereocenters. The molecule has 1 heterocycles. The monoisotopic (exact) mass is 335 g/mol. The minimum Gasteiger partial charge on any atom is -0.380 e. The number of aliphatic hydroxyl groups is 1. The summed E-state index contributed by atoms with van der Waals surface area (Å²) in [7, 11) is 0. The Kier molecular flexibility index (Phi) is 4.21. The van der Waals surface area contributed by atoms with Gasteiger partial charge in [0, 0.05) is 12.5 Å². The van der Waals surface area contributed by atoms with Crippen LogP contribution in [0.15, 0.2) is 60.7 Å². The summed E-state index contributed by atoms with van der Waals surface area (Å²) >= 11 is 0. The Morgan fingerprint density at radius 3 is 1.88 bits per heavy atom. The Hall–Kier alpha value is -1.64. The summed E-state index contributed by atoms with van der Waals surface area (Å²) in [5.41, 5.74) is 1.26. The van der Waals surface area contributed by atoms with E-state index in [1.165, 1.54) is 25.9 Å². The zero-order valence-electron chi connectivity index (χ0n) is 15.4. The lowest BCUT2D eigenvalue weighted by Crippen LogP contribution is -2.33. The largest absolute Gasteiger partial charge is 0.380 e. The normalized spacial score (nSPS) is 25.9. The van der Waals surface area contributed by atoms with Crippen molar-refractivity contribution < 1.29 is 5.11 Å². The summed E-state index contributed by atoms with van der Waals surface area (Å²) in [5.74, 6) is 0.765. The Balaban J connectivity index is 1.71. The van der Waals surface area contributed by atoms with Crippen molar-refractivity contribution in [2.24, 2.45) is 17.3 Å². The van der Waals surface area contributed by atoms with Gasteiger partial charge in [0.2, 0.25) is 0 Å². The number of hydrogen-bond donors (Lipinski definition) is 1. The molecule has 2 aromatic rings. The van der Waals surface area contributed by atoms with Gasteiger partial charge in [0.05, 0.1) is 0 Å². The van der Waals surface area contributed by atoms with Gasteiger partial charge in [-0.25, -0.2) is 0 Å². The molecule has 2 fully saturated rings. The van der Waals surface area contributed by atoms with Gasteiger partial charge >= 0.3 is 0 Å². The molecule has 1 aliphatic heterocycles. The molecule has 2 heteroatoms. The molecular formula is C23H29NO. The van der Waals surface area contributed by atoms with Crippen LogP contribution in [-0.2, 0) is 5.60 Å². The van der Waals surface area contributed by atoms with Crippen LogP contribution in [0.4, 0.5) is 0 Å². The van der Waals surface area contributed by atoms with Crippen molar-refractivity contribution in [1.29, 1.82) is 0 Å². The molecule has 2 nitrogen and oxygen atoms in total. The lowest BCUT2D eigenvalue weighted by molar-refractivity contribution is 0.0392. The van der Waals surface area contributed by atoms with E-state index in [1.807, 2.05) is 36.4 Å². The van der Waals surface area contributed by atoms with Gasteiger partial charge in [-0.05, 0) is 48.4 Å². The van der Waals surface area contributed by atoms with E-state index < -0.39 is 5.60 Å². The Morgan fingerprint density at radius 2 is 1.40 bits per heavy atom. The predicted octanol–water partition coefficient (Wildman–Crippen LogP) is 4.29. The second-order valence-corrected chi connectivity index (χ2v) is 8.41. The number of hydrogen-bond acceptors (Lipinski definition) is 2. The number of likely N-dealkylation sites (tertiary alicyclic amines) is 1. The van der Waals surface area contributed by atoms with Crippen molar-refractivity contribution >= 4 is 0 Å². The smallest absolute Gasteiger partial charge is 0.118 e. The van der Waals surface area contributed by atoms with Gasteiger partial charge in [0.1, 0.15) is 5.60 Å².